The van der Waals surface area contributed by atoms with Crippen molar-refractivity contribution in [2.45, 2.75) is 45.0 Å². The van der Waals surface area contributed by atoms with Crippen molar-refractivity contribution in [1.29, 1.82) is 0 Å². The van der Waals surface area contributed by atoms with E-state index < -0.39 is 11.6 Å². The Balaban J connectivity index is 2.07. The first-order valence-corrected chi connectivity index (χ1v) is 10.8. The molecule has 0 spiro atoms. The van der Waals surface area contributed by atoms with Gasteiger partial charge in [-0.2, -0.15) is 0 Å². The molecule has 1 aromatic heterocycles. The molecule has 2 aromatic rings. The van der Waals surface area contributed by atoms with Crippen LogP contribution in [0.3, 0.4) is 0 Å². The van der Waals surface area contributed by atoms with E-state index in [1.54, 1.807) is 4.90 Å². The van der Waals surface area contributed by atoms with Crippen molar-refractivity contribution in [3.05, 3.63) is 24.3 Å². The summed E-state index contributed by atoms with van der Waals surface area (Å²) in [5, 5.41) is 0.812. The van der Waals surface area contributed by atoms with E-state index in [-0.39, 0.29) is 18.2 Å². The Morgan fingerprint density at radius 2 is 1.86 bits per heavy atom. The number of hydrogen-bond donors (Lipinski definition) is 0. The van der Waals surface area contributed by atoms with E-state index in [9.17, 15) is 9.59 Å². The molecule has 160 valence electrons. The van der Waals surface area contributed by atoms with Gasteiger partial charge in [-0.1, -0.05) is 23.9 Å². The van der Waals surface area contributed by atoms with Crippen LogP contribution >= 0.6 is 11.8 Å². The quantitative estimate of drug-likeness (QED) is 0.459. The second-order valence-electron chi connectivity index (χ2n) is 8.12. The van der Waals surface area contributed by atoms with Crippen molar-refractivity contribution in [2.75, 3.05) is 39.5 Å². The predicted octanol–water partition coefficient (Wildman–Crippen LogP) is 2.88. The monoisotopic (exact) mass is 420 g/mol. The Morgan fingerprint density at radius 3 is 2.48 bits per heavy atom. The Morgan fingerprint density at radius 1 is 1.17 bits per heavy atom. The van der Waals surface area contributed by atoms with Crippen molar-refractivity contribution in [3.63, 3.8) is 0 Å². The average Bonchev–Trinajstić information content (AvgIpc) is 2.98. The molecule has 1 aromatic carbocycles. The molecule has 0 saturated carbocycles. The Labute approximate surface area is 177 Å². The molecular formula is C21H32N4O3S. The van der Waals surface area contributed by atoms with Gasteiger partial charge in [-0.25, -0.2) is 4.98 Å². The smallest absolute Gasteiger partial charge is 0.326 e. The highest BCUT2D eigenvalue weighted by atomic mass is 32.2. The fourth-order valence-electron chi connectivity index (χ4n) is 2.83. The molecule has 1 heterocycles. The number of benzene rings is 1. The summed E-state index contributed by atoms with van der Waals surface area (Å²) >= 11 is 1.40. The maximum Gasteiger partial charge on any atom is 0.326 e. The molecule has 0 aliphatic heterocycles. The van der Waals surface area contributed by atoms with Crippen LogP contribution in [0.25, 0.3) is 11.0 Å². The fraction of sp³-hybridized carbons (Fsp3) is 0.571. The van der Waals surface area contributed by atoms with E-state index in [2.05, 4.69) is 16.5 Å². The van der Waals surface area contributed by atoms with Gasteiger partial charge in [-0.3, -0.25) is 9.59 Å². The molecule has 0 bridgehead atoms. The number of fused-ring (bicyclic) bond motifs is 1. The van der Waals surface area contributed by atoms with Crippen molar-refractivity contribution >= 4 is 34.7 Å². The summed E-state index contributed by atoms with van der Waals surface area (Å²) in [7, 11) is 3.88. The van der Waals surface area contributed by atoms with E-state index in [0.29, 0.717) is 13.1 Å². The van der Waals surface area contributed by atoms with Crippen molar-refractivity contribution in [1.82, 2.24) is 19.4 Å². The van der Waals surface area contributed by atoms with Gasteiger partial charge in [0.2, 0.25) is 5.91 Å². The molecule has 0 radical (unpaired) electrons. The van der Waals surface area contributed by atoms with Gasteiger partial charge in [-0.15, -0.1) is 0 Å². The SMILES string of the molecule is CCn1c(SCC(=O)N(CCN(C)C)CC(=O)OC(C)(C)C)nc2ccccc21. The van der Waals surface area contributed by atoms with E-state index >= 15 is 0 Å². The van der Waals surface area contributed by atoms with E-state index in [1.807, 2.05) is 64.0 Å². The minimum atomic E-state index is -0.575. The number of aromatic nitrogens is 2. The van der Waals surface area contributed by atoms with Gasteiger partial charge >= 0.3 is 5.97 Å². The summed E-state index contributed by atoms with van der Waals surface area (Å²) in [6.45, 7) is 9.40. The van der Waals surface area contributed by atoms with Gasteiger partial charge < -0.3 is 19.1 Å². The second kappa shape index (κ2) is 10.1. The number of ether oxygens (including phenoxy) is 1. The molecule has 1 amide bonds. The predicted molar refractivity (Wildman–Crippen MR) is 117 cm³/mol. The molecular weight excluding hydrogens is 388 g/mol. The first kappa shape index (κ1) is 23.2. The molecule has 8 heteroatoms. The van der Waals surface area contributed by atoms with Crippen LogP contribution in [0.1, 0.15) is 27.7 Å². The number of hydrogen-bond acceptors (Lipinski definition) is 6. The largest absolute Gasteiger partial charge is 0.459 e. The van der Waals surface area contributed by atoms with Crippen LogP contribution in [-0.4, -0.2) is 76.3 Å². The first-order chi connectivity index (χ1) is 13.6. The van der Waals surface area contributed by atoms with E-state index in [0.717, 1.165) is 22.7 Å². The summed E-state index contributed by atoms with van der Waals surface area (Å²) in [5.74, 6) is -0.271. The lowest BCUT2D eigenvalue weighted by Crippen LogP contribution is -2.42. The standard InChI is InChI=1S/C21H32N4O3S/c1-7-25-17-11-9-8-10-16(17)22-20(25)29-15-18(26)24(13-12-23(5)6)14-19(27)28-21(2,3)4/h8-11H,7,12-15H2,1-6H3. The second-order valence-corrected chi connectivity index (χ2v) is 9.06. The minimum Gasteiger partial charge on any atom is -0.459 e. The van der Waals surface area contributed by atoms with Crippen molar-refractivity contribution < 1.29 is 14.3 Å². The summed E-state index contributed by atoms with van der Waals surface area (Å²) in [5.41, 5.74) is 1.40. The molecule has 0 atom stereocenters. The van der Waals surface area contributed by atoms with Gasteiger partial charge in [0.1, 0.15) is 12.1 Å². The highest BCUT2D eigenvalue weighted by molar-refractivity contribution is 7.99. The molecule has 2 rings (SSSR count). The summed E-state index contributed by atoms with van der Waals surface area (Å²) in [6.07, 6.45) is 0. The lowest BCUT2D eigenvalue weighted by molar-refractivity contribution is -0.158. The van der Waals surface area contributed by atoms with Crippen LogP contribution in [-0.2, 0) is 20.9 Å². The summed E-state index contributed by atoms with van der Waals surface area (Å²) in [6, 6.07) is 7.95. The zero-order valence-corrected chi connectivity index (χ0v) is 19.1. The normalized spacial score (nSPS) is 11.8. The number of carbonyl (C=O) groups excluding carboxylic acids is 2. The van der Waals surface area contributed by atoms with Crippen LogP contribution < -0.4 is 0 Å². The van der Waals surface area contributed by atoms with Crippen molar-refractivity contribution in [3.8, 4) is 0 Å². The lowest BCUT2D eigenvalue weighted by Gasteiger charge is -2.26. The number of aryl methyl sites for hydroxylation is 1. The molecule has 0 aliphatic rings. The third-order valence-corrected chi connectivity index (χ3v) is 5.13. The Hall–Kier alpha value is -2.06. The van der Waals surface area contributed by atoms with Gasteiger partial charge in [0.05, 0.1) is 16.8 Å². The summed E-state index contributed by atoms with van der Waals surface area (Å²) < 4.78 is 7.50. The number of para-hydroxylation sites is 2. The molecule has 7 nitrogen and oxygen atoms in total. The number of rotatable bonds is 9. The third-order valence-electron chi connectivity index (χ3n) is 4.17. The Kier molecular flexibility index (Phi) is 8.10. The van der Waals surface area contributed by atoms with Crippen LogP contribution in [0.5, 0.6) is 0 Å². The van der Waals surface area contributed by atoms with Gasteiger partial charge in [-0.05, 0) is 53.9 Å². The van der Waals surface area contributed by atoms with Crippen molar-refractivity contribution in [2.24, 2.45) is 0 Å². The maximum absolute atomic E-state index is 12.9. The third kappa shape index (κ3) is 7.04. The zero-order chi connectivity index (χ0) is 21.6. The molecule has 29 heavy (non-hydrogen) atoms. The number of imidazole rings is 1. The first-order valence-electron chi connectivity index (χ1n) is 9.83. The number of likely N-dealkylation sites (N-methyl/N-ethyl adjacent to an activating group) is 1. The minimum absolute atomic E-state index is 0.0469. The van der Waals surface area contributed by atoms with Gasteiger partial charge in [0.15, 0.2) is 5.16 Å². The zero-order valence-electron chi connectivity index (χ0n) is 18.3. The summed E-state index contributed by atoms with van der Waals surface area (Å²) in [4.78, 5) is 33.4. The molecule has 0 aliphatic carbocycles. The van der Waals surface area contributed by atoms with Crippen LogP contribution in [0.15, 0.2) is 29.4 Å². The van der Waals surface area contributed by atoms with Crippen LogP contribution in [0.2, 0.25) is 0 Å². The lowest BCUT2D eigenvalue weighted by atomic mass is 10.2. The van der Waals surface area contributed by atoms with Gasteiger partial charge in [0.25, 0.3) is 0 Å². The maximum atomic E-state index is 12.9. The van der Waals surface area contributed by atoms with Gasteiger partial charge in [0, 0.05) is 19.6 Å². The number of amides is 1. The Bertz CT molecular complexity index is 842. The highest BCUT2D eigenvalue weighted by Gasteiger charge is 2.23. The molecule has 0 N–H and O–H groups in total. The molecule has 0 fully saturated rings. The van der Waals surface area contributed by atoms with Crippen LogP contribution in [0.4, 0.5) is 0 Å². The number of thioether (sulfide) groups is 1. The molecule has 0 saturated heterocycles. The number of carbonyl (C=O) groups is 2. The van der Waals surface area contributed by atoms with Crippen LogP contribution in [0, 0.1) is 0 Å². The number of esters is 1. The van der Waals surface area contributed by atoms with E-state index in [1.165, 1.54) is 11.8 Å². The molecule has 0 unspecified atom stereocenters. The topological polar surface area (TPSA) is 67.7 Å². The number of nitrogens with zero attached hydrogens (tertiary/aromatic N) is 4. The highest BCUT2D eigenvalue weighted by Crippen LogP contribution is 2.24. The average molecular weight is 421 g/mol. The fourth-order valence-corrected chi connectivity index (χ4v) is 3.81. The van der Waals surface area contributed by atoms with E-state index in [4.69, 9.17) is 4.74 Å².